The van der Waals surface area contributed by atoms with E-state index in [4.69, 9.17) is 12.2 Å². The van der Waals surface area contributed by atoms with Gasteiger partial charge in [0, 0.05) is 19.1 Å². The number of hydrogen-bond donors (Lipinski definition) is 1. The zero-order chi connectivity index (χ0) is 10.6. The predicted molar refractivity (Wildman–Crippen MR) is 60.9 cm³/mol. The Kier molecular flexibility index (Phi) is 4.44. The summed E-state index contributed by atoms with van der Waals surface area (Å²) in [6.45, 7) is 6.52. The molecule has 2 N–H and O–H groups in total. The van der Waals surface area contributed by atoms with Crippen molar-refractivity contribution in [2.75, 3.05) is 13.1 Å². The van der Waals surface area contributed by atoms with E-state index in [-0.39, 0.29) is 0 Å². The Morgan fingerprint density at radius 1 is 1.57 bits per heavy atom. The standard InChI is InChI=1S/C12H22N2/c1-4-10-9-14(8-7-12(10)13)11(5-2)6-3/h2,10-12H,4,6-9,13H2,1,3H3. The SMILES string of the molecule is C#CC(CC)N1CCC(N)C(CC)C1. The molecule has 0 saturated carbocycles. The van der Waals surface area contributed by atoms with E-state index in [0.717, 1.165) is 25.9 Å². The first-order valence-corrected chi connectivity index (χ1v) is 5.68. The van der Waals surface area contributed by atoms with Gasteiger partial charge in [0.1, 0.15) is 0 Å². The van der Waals surface area contributed by atoms with Crippen LogP contribution in [0.4, 0.5) is 0 Å². The molecule has 0 aromatic heterocycles. The Balaban J connectivity index is 2.54. The van der Waals surface area contributed by atoms with Gasteiger partial charge in [0.15, 0.2) is 0 Å². The maximum atomic E-state index is 6.06. The summed E-state index contributed by atoms with van der Waals surface area (Å²) in [5.74, 6) is 3.50. The zero-order valence-corrected chi connectivity index (χ0v) is 9.37. The second kappa shape index (κ2) is 5.38. The number of likely N-dealkylation sites (tertiary alicyclic amines) is 1. The second-order valence-corrected chi connectivity index (χ2v) is 4.21. The summed E-state index contributed by atoms with van der Waals surface area (Å²) >= 11 is 0. The van der Waals surface area contributed by atoms with Crippen LogP contribution in [-0.2, 0) is 0 Å². The third-order valence-electron chi connectivity index (χ3n) is 3.37. The van der Waals surface area contributed by atoms with Gasteiger partial charge in [0.2, 0.25) is 0 Å². The maximum absolute atomic E-state index is 6.06. The Hall–Kier alpha value is -0.520. The van der Waals surface area contributed by atoms with E-state index < -0.39 is 0 Å². The average Bonchev–Trinajstić information content (AvgIpc) is 2.22. The summed E-state index contributed by atoms with van der Waals surface area (Å²) in [5.41, 5.74) is 6.06. The molecule has 1 aliphatic heterocycles. The molecule has 3 unspecified atom stereocenters. The van der Waals surface area contributed by atoms with E-state index in [1.54, 1.807) is 0 Å². The van der Waals surface area contributed by atoms with Gasteiger partial charge >= 0.3 is 0 Å². The van der Waals surface area contributed by atoms with Crippen molar-refractivity contribution in [3.05, 3.63) is 0 Å². The normalized spacial score (nSPS) is 31.0. The van der Waals surface area contributed by atoms with Crippen LogP contribution in [0.2, 0.25) is 0 Å². The Labute approximate surface area is 87.8 Å². The quantitative estimate of drug-likeness (QED) is 0.689. The molecular weight excluding hydrogens is 172 g/mol. The topological polar surface area (TPSA) is 29.3 Å². The van der Waals surface area contributed by atoms with Crippen LogP contribution in [0.5, 0.6) is 0 Å². The molecule has 1 aliphatic rings. The van der Waals surface area contributed by atoms with Crippen molar-refractivity contribution in [1.82, 2.24) is 4.90 Å². The van der Waals surface area contributed by atoms with E-state index in [0.29, 0.717) is 18.0 Å². The molecule has 0 spiro atoms. The first kappa shape index (κ1) is 11.6. The van der Waals surface area contributed by atoms with Crippen LogP contribution >= 0.6 is 0 Å². The molecule has 0 radical (unpaired) electrons. The van der Waals surface area contributed by atoms with Crippen molar-refractivity contribution < 1.29 is 0 Å². The van der Waals surface area contributed by atoms with Crippen molar-refractivity contribution >= 4 is 0 Å². The summed E-state index contributed by atoms with van der Waals surface area (Å²) in [6.07, 6.45) is 8.82. The van der Waals surface area contributed by atoms with Gasteiger partial charge in [0.25, 0.3) is 0 Å². The van der Waals surface area contributed by atoms with Gasteiger partial charge in [0.05, 0.1) is 6.04 Å². The maximum Gasteiger partial charge on any atom is 0.0709 e. The van der Waals surface area contributed by atoms with E-state index in [1.165, 1.54) is 6.42 Å². The minimum absolute atomic E-state index is 0.316. The predicted octanol–water partition coefficient (Wildman–Crippen LogP) is 1.46. The molecule has 2 nitrogen and oxygen atoms in total. The highest BCUT2D eigenvalue weighted by molar-refractivity contribution is 5.01. The molecule has 0 aliphatic carbocycles. The van der Waals surface area contributed by atoms with E-state index in [1.807, 2.05) is 0 Å². The Morgan fingerprint density at radius 3 is 2.79 bits per heavy atom. The third kappa shape index (κ3) is 2.50. The molecule has 1 rings (SSSR count). The van der Waals surface area contributed by atoms with Crippen molar-refractivity contribution in [3.63, 3.8) is 0 Å². The van der Waals surface area contributed by atoms with Crippen LogP contribution in [0.3, 0.4) is 0 Å². The molecule has 3 atom stereocenters. The molecule has 14 heavy (non-hydrogen) atoms. The third-order valence-corrected chi connectivity index (χ3v) is 3.37. The zero-order valence-electron chi connectivity index (χ0n) is 9.37. The van der Waals surface area contributed by atoms with Crippen molar-refractivity contribution in [2.24, 2.45) is 11.7 Å². The minimum Gasteiger partial charge on any atom is -0.327 e. The molecular formula is C12H22N2. The summed E-state index contributed by atoms with van der Waals surface area (Å²) in [6, 6.07) is 0.697. The van der Waals surface area contributed by atoms with Gasteiger partial charge in [-0.25, -0.2) is 0 Å². The number of rotatable bonds is 3. The number of hydrogen-bond acceptors (Lipinski definition) is 2. The highest BCUT2D eigenvalue weighted by Gasteiger charge is 2.27. The molecule has 2 heteroatoms. The molecule has 0 aromatic carbocycles. The lowest BCUT2D eigenvalue weighted by molar-refractivity contribution is 0.127. The molecule has 0 bridgehead atoms. The summed E-state index contributed by atoms with van der Waals surface area (Å²) < 4.78 is 0. The van der Waals surface area contributed by atoms with Gasteiger partial charge in [-0.3, -0.25) is 4.90 Å². The van der Waals surface area contributed by atoms with Crippen molar-refractivity contribution in [2.45, 2.75) is 45.2 Å². The van der Waals surface area contributed by atoms with Crippen molar-refractivity contribution in [3.8, 4) is 12.3 Å². The smallest absolute Gasteiger partial charge is 0.0709 e. The number of nitrogens with zero attached hydrogens (tertiary/aromatic N) is 1. The Morgan fingerprint density at radius 2 is 2.29 bits per heavy atom. The first-order chi connectivity index (χ1) is 6.72. The van der Waals surface area contributed by atoms with E-state index >= 15 is 0 Å². The monoisotopic (exact) mass is 194 g/mol. The number of nitrogens with two attached hydrogens (primary N) is 1. The molecule has 1 heterocycles. The fourth-order valence-electron chi connectivity index (χ4n) is 2.27. The van der Waals surface area contributed by atoms with Crippen molar-refractivity contribution in [1.29, 1.82) is 0 Å². The number of terminal acetylenes is 1. The molecule has 80 valence electrons. The van der Waals surface area contributed by atoms with Crippen LogP contribution < -0.4 is 5.73 Å². The lowest BCUT2D eigenvalue weighted by Gasteiger charge is -2.39. The van der Waals surface area contributed by atoms with Gasteiger partial charge < -0.3 is 5.73 Å². The largest absolute Gasteiger partial charge is 0.327 e. The molecule has 0 amide bonds. The highest BCUT2D eigenvalue weighted by Crippen LogP contribution is 2.20. The second-order valence-electron chi connectivity index (χ2n) is 4.21. The highest BCUT2D eigenvalue weighted by atomic mass is 15.2. The fraction of sp³-hybridized carbons (Fsp3) is 0.833. The lowest BCUT2D eigenvalue weighted by Crippen LogP contribution is -2.50. The fourth-order valence-corrected chi connectivity index (χ4v) is 2.27. The Bertz CT molecular complexity index is 207. The van der Waals surface area contributed by atoms with Crippen LogP contribution in [-0.4, -0.2) is 30.1 Å². The van der Waals surface area contributed by atoms with Gasteiger partial charge in [-0.15, -0.1) is 6.42 Å². The van der Waals surface area contributed by atoms with E-state index in [9.17, 15) is 0 Å². The van der Waals surface area contributed by atoms with Gasteiger partial charge in [-0.05, 0) is 18.8 Å². The molecule has 1 fully saturated rings. The van der Waals surface area contributed by atoms with Gasteiger partial charge in [-0.2, -0.15) is 0 Å². The minimum atomic E-state index is 0.316. The summed E-state index contributed by atoms with van der Waals surface area (Å²) in [5, 5.41) is 0. The van der Waals surface area contributed by atoms with Crippen LogP contribution in [0.25, 0.3) is 0 Å². The van der Waals surface area contributed by atoms with Crippen LogP contribution in [0, 0.1) is 18.3 Å². The molecule has 0 aromatic rings. The average molecular weight is 194 g/mol. The first-order valence-electron chi connectivity index (χ1n) is 5.68. The molecule has 1 saturated heterocycles. The van der Waals surface area contributed by atoms with E-state index in [2.05, 4.69) is 24.7 Å². The number of piperidine rings is 1. The van der Waals surface area contributed by atoms with Gasteiger partial charge in [-0.1, -0.05) is 26.2 Å². The lowest BCUT2D eigenvalue weighted by atomic mass is 9.89. The summed E-state index contributed by atoms with van der Waals surface area (Å²) in [4.78, 5) is 2.41. The van der Waals surface area contributed by atoms with Crippen LogP contribution in [0.15, 0.2) is 0 Å². The van der Waals surface area contributed by atoms with Crippen LogP contribution in [0.1, 0.15) is 33.1 Å². The summed E-state index contributed by atoms with van der Waals surface area (Å²) in [7, 11) is 0.